The van der Waals surface area contributed by atoms with Gasteiger partial charge in [-0.15, -0.1) is 0 Å². The lowest BCUT2D eigenvalue weighted by Gasteiger charge is -2.42. The highest BCUT2D eigenvalue weighted by Crippen LogP contribution is 2.42. The molecule has 0 bridgehead atoms. The van der Waals surface area contributed by atoms with Crippen LogP contribution in [0.1, 0.15) is 43.2 Å². The van der Waals surface area contributed by atoms with Crippen molar-refractivity contribution in [3.05, 3.63) is 58.1 Å². The van der Waals surface area contributed by atoms with Gasteiger partial charge in [-0.25, -0.2) is 30.3 Å². The molecule has 0 aliphatic carbocycles. The highest BCUT2D eigenvalue weighted by Gasteiger charge is 2.44. The van der Waals surface area contributed by atoms with Crippen molar-refractivity contribution in [3.63, 3.8) is 0 Å². The number of benzene rings is 2. The van der Waals surface area contributed by atoms with Crippen LogP contribution in [-0.4, -0.2) is 66.0 Å². The van der Waals surface area contributed by atoms with Gasteiger partial charge in [0.05, 0.1) is 33.1 Å². The Bertz CT molecular complexity index is 1520. The number of sulfonamides is 1. The van der Waals surface area contributed by atoms with E-state index in [1.54, 1.807) is 0 Å². The van der Waals surface area contributed by atoms with Crippen molar-refractivity contribution in [2.24, 2.45) is 11.8 Å². The third kappa shape index (κ3) is 7.99. The average Bonchev–Trinajstić information content (AvgIpc) is 2.91. The normalized spacial score (nSPS) is 24.0. The fourth-order valence-corrected chi connectivity index (χ4v) is 9.31. The first kappa shape index (κ1) is 33.9. The molecule has 1 N–H and O–H groups in total. The molecule has 0 amide bonds. The second kappa shape index (κ2) is 13.2. The smallest absolute Gasteiger partial charge is 0.416 e. The predicted octanol–water partition coefficient (Wildman–Crippen LogP) is 5.46. The summed E-state index contributed by atoms with van der Waals surface area (Å²) >= 11 is 5.87. The molecule has 1 saturated heterocycles. The van der Waals surface area contributed by atoms with Crippen LogP contribution in [0.5, 0.6) is 5.75 Å². The number of hydrogen-bond donors (Lipinski definition) is 1. The highest BCUT2D eigenvalue weighted by atomic mass is 35.5. The quantitative estimate of drug-likeness (QED) is 0.266. The lowest BCUT2D eigenvalue weighted by molar-refractivity contribution is -0.137. The molecule has 2 aliphatic rings. The monoisotopic (exact) mass is 672 g/mol. The summed E-state index contributed by atoms with van der Waals surface area (Å²) in [6, 6.07) is 3.32. The van der Waals surface area contributed by atoms with Crippen molar-refractivity contribution >= 4 is 31.5 Å². The van der Waals surface area contributed by atoms with Gasteiger partial charge in [-0.1, -0.05) is 11.6 Å². The number of nitrogens with zero attached hydrogens (tertiary/aromatic N) is 1. The summed E-state index contributed by atoms with van der Waals surface area (Å²) in [5.74, 6) is -3.06. The summed E-state index contributed by atoms with van der Waals surface area (Å²) in [6.07, 6.45) is -3.24. The van der Waals surface area contributed by atoms with E-state index in [0.29, 0.717) is 31.5 Å². The van der Waals surface area contributed by atoms with Gasteiger partial charge in [-0.3, -0.25) is 0 Å². The molecule has 0 aromatic heterocycles. The SMILES string of the molecule is CN(C)CCC[C@@H]1C[C@@H]([C@@H]2COc3c(F)cc(Cl)c(F)c3C2)[C@@H](CCCS(=O)(=O)c2ccc(C(F)(F)F)cc2)NS1(=O)=O. The molecule has 2 heterocycles. The molecule has 43 heavy (non-hydrogen) atoms. The zero-order valence-electron chi connectivity index (χ0n) is 23.6. The first-order valence-corrected chi connectivity index (χ1v) is 17.4. The highest BCUT2D eigenvalue weighted by molar-refractivity contribution is 7.91. The van der Waals surface area contributed by atoms with Crippen molar-refractivity contribution in [1.29, 1.82) is 0 Å². The van der Waals surface area contributed by atoms with Crippen LogP contribution in [0.2, 0.25) is 5.02 Å². The predicted molar refractivity (Wildman–Crippen MR) is 152 cm³/mol. The topological polar surface area (TPSA) is 92.8 Å². The molecule has 2 aromatic rings. The van der Waals surface area contributed by atoms with Crippen LogP contribution >= 0.6 is 11.6 Å². The number of halogens is 6. The molecule has 7 nitrogen and oxygen atoms in total. The Labute approximate surface area is 253 Å². The minimum absolute atomic E-state index is 0.00214. The van der Waals surface area contributed by atoms with Gasteiger partial charge in [-0.05, 0) is 95.4 Å². The summed E-state index contributed by atoms with van der Waals surface area (Å²) in [7, 11) is -3.99. The molecule has 240 valence electrons. The van der Waals surface area contributed by atoms with Crippen molar-refractivity contribution in [3.8, 4) is 5.75 Å². The van der Waals surface area contributed by atoms with Crippen LogP contribution in [0, 0.1) is 23.5 Å². The van der Waals surface area contributed by atoms with Gasteiger partial charge < -0.3 is 9.64 Å². The number of nitrogens with one attached hydrogen (secondary N) is 1. The zero-order valence-corrected chi connectivity index (χ0v) is 26.0. The number of rotatable bonds is 10. The Morgan fingerprint density at radius 2 is 1.77 bits per heavy atom. The Morgan fingerprint density at radius 1 is 1.09 bits per heavy atom. The molecular formula is C28H34ClF5N2O5S2. The van der Waals surface area contributed by atoms with E-state index < -0.39 is 77.1 Å². The summed E-state index contributed by atoms with van der Waals surface area (Å²) in [5.41, 5.74) is -0.998. The second-order valence-electron chi connectivity index (χ2n) is 11.5. The third-order valence-corrected chi connectivity index (χ3v) is 12.2. The Balaban J connectivity index is 1.53. The van der Waals surface area contributed by atoms with Crippen LogP contribution in [0.25, 0.3) is 0 Å². The van der Waals surface area contributed by atoms with Gasteiger partial charge in [0, 0.05) is 17.5 Å². The van der Waals surface area contributed by atoms with E-state index in [1.807, 2.05) is 19.0 Å². The number of sulfone groups is 1. The number of fused-ring (bicyclic) bond motifs is 1. The molecule has 4 rings (SSSR count). The Hall–Kier alpha value is -2.00. The fraction of sp³-hybridized carbons (Fsp3) is 0.571. The maximum atomic E-state index is 14.9. The summed E-state index contributed by atoms with van der Waals surface area (Å²) in [4.78, 5) is 1.67. The van der Waals surface area contributed by atoms with Crippen molar-refractivity contribution in [2.75, 3.05) is 33.0 Å². The number of ether oxygens (including phenoxy) is 1. The largest absolute Gasteiger partial charge is 0.490 e. The molecule has 0 radical (unpaired) electrons. The van der Waals surface area contributed by atoms with Crippen LogP contribution in [0.15, 0.2) is 35.2 Å². The molecular weight excluding hydrogens is 639 g/mol. The molecule has 0 spiro atoms. The molecule has 15 heteroatoms. The van der Waals surface area contributed by atoms with E-state index in [2.05, 4.69) is 4.72 Å². The van der Waals surface area contributed by atoms with E-state index in [4.69, 9.17) is 16.3 Å². The van der Waals surface area contributed by atoms with Gasteiger partial charge in [-0.2, -0.15) is 13.2 Å². The fourth-order valence-electron chi connectivity index (χ4n) is 5.91. The van der Waals surface area contributed by atoms with E-state index in [-0.39, 0.29) is 48.5 Å². The third-order valence-electron chi connectivity index (χ3n) is 8.14. The van der Waals surface area contributed by atoms with Gasteiger partial charge in [0.2, 0.25) is 10.0 Å². The Kier molecular flexibility index (Phi) is 10.4. The van der Waals surface area contributed by atoms with Crippen molar-refractivity contribution in [2.45, 2.75) is 60.9 Å². The van der Waals surface area contributed by atoms with Crippen molar-refractivity contribution in [1.82, 2.24) is 9.62 Å². The molecule has 0 unspecified atom stereocenters. The van der Waals surface area contributed by atoms with E-state index in [1.165, 1.54) is 0 Å². The molecule has 4 atom stereocenters. The van der Waals surface area contributed by atoms with E-state index in [9.17, 15) is 38.8 Å². The van der Waals surface area contributed by atoms with Crippen molar-refractivity contribution < 1.29 is 43.5 Å². The molecule has 0 saturated carbocycles. The molecule has 2 aliphatic heterocycles. The maximum Gasteiger partial charge on any atom is 0.416 e. The average molecular weight is 673 g/mol. The number of hydrogen-bond acceptors (Lipinski definition) is 6. The van der Waals surface area contributed by atoms with Gasteiger partial charge in [0.25, 0.3) is 0 Å². The standard InChI is InChI=1S/C28H34ClF5N2O5S2/c1-36(2)11-3-5-20-14-21(17-13-22-26(31)23(29)15-24(30)27(22)41-16-17)25(35-43(20,39)40)6-4-12-42(37,38)19-9-7-18(8-10-19)28(32,33)34/h7-10,15,17,20-21,25,35H,3-6,11-14,16H2,1-2H3/t17-,20+,21-,25+/m0/s1. The first-order chi connectivity index (χ1) is 20.0. The second-order valence-corrected chi connectivity index (χ2v) is 16.0. The first-order valence-electron chi connectivity index (χ1n) is 13.8. The summed E-state index contributed by atoms with van der Waals surface area (Å²) < 4.78 is 129. The van der Waals surface area contributed by atoms with Crippen LogP contribution < -0.4 is 9.46 Å². The number of alkyl halides is 3. The van der Waals surface area contributed by atoms with Crippen LogP contribution in [-0.2, 0) is 32.5 Å². The lowest BCUT2D eigenvalue weighted by Crippen LogP contribution is -2.54. The van der Waals surface area contributed by atoms with Gasteiger partial charge in [0.15, 0.2) is 21.4 Å². The Morgan fingerprint density at radius 3 is 2.40 bits per heavy atom. The van der Waals surface area contributed by atoms with Gasteiger partial charge >= 0.3 is 6.18 Å². The zero-order chi connectivity index (χ0) is 31.7. The van der Waals surface area contributed by atoms with E-state index >= 15 is 0 Å². The maximum absolute atomic E-state index is 14.9. The van der Waals surface area contributed by atoms with Crippen LogP contribution in [0.4, 0.5) is 22.0 Å². The van der Waals surface area contributed by atoms with Crippen LogP contribution in [0.3, 0.4) is 0 Å². The minimum atomic E-state index is -4.61. The van der Waals surface area contributed by atoms with Gasteiger partial charge in [0.1, 0.15) is 5.82 Å². The lowest BCUT2D eigenvalue weighted by atomic mass is 9.77. The summed E-state index contributed by atoms with van der Waals surface area (Å²) in [6.45, 7) is 0.674. The summed E-state index contributed by atoms with van der Waals surface area (Å²) in [5, 5.41) is -1.14. The minimum Gasteiger partial charge on any atom is -0.490 e. The van der Waals surface area contributed by atoms with E-state index in [0.717, 1.165) is 18.2 Å². The molecule has 1 fully saturated rings. The molecule has 2 aromatic carbocycles.